The second kappa shape index (κ2) is 9.95. The van der Waals surface area contributed by atoms with Gasteiger partial charge in [-0.15, -0.1) is 0 Å². The highest BCUT2D eigenvalue weighted by atomic mass is 16.5. The minimum atomic E-state index is 0.416. The largest absolute Gasteiger partial charge is 0.493 e. The number of anilines is 1. The Labute approximate surface area is 211 Å². The number of hydrogen-bond donors (Lipinski definition) is 2. The molecule has 188 valence electrons. The fraction of sp³-hybridized carbons (Fsp3) is 0.429. The molecule has 0 atom stereocenters. The van der Waals surface area contributed by atoms with Gasteiger partial charge in [-0.2, -0.15) is 0 Å². The monoisotopic (exact) mass is 487 g/mol. The first-order valence-corrected chi connectivity index (χ1v) is 12.8. The van der Waals surface area contributed by atoms with Crippen LogP contribution in [0.1, 0.15) is 25.7 Å². The average molecular weight is 488 g/mol. The molecule has 2 N–H and O–H groups in total. The number of benzene rings is 2. The van der Waals surface area contributed by atoms with Gasteiger partial charge in [0, 0.05) is 36.1 Å². The van der Waals surface area contributed by atoms with E-state index in [1.54, 1.807) is 20.5 Å². The van der Waals surface area contributed by atoms with Crippen molar-refractivity contribution in [3.05, 3.63) is 42.7 Å². The second-order valence-electron chi connectivity index (χ2n) is 9.70. The van der Waals surface area contributed by atoms with Gasteiger partial charge in [0.1, 0.15) is 17.8 Å². The van der Waals surface area contributed by atoms with Crippen LogP contribution in [0, 0.1) is 0 Å². The van der Waals surface area contributed by atoms with Crippen molar-refractivity contribution in [1.82, 2.24) is 19.9 Å². The Morgan fingerprint density at radius 3 is 2.44 bits per heavy atom. The summed E-state index contributed by atoms with van der Waals surface area (Å²) >= 11 is 0. The molecule has 6 rings (SSSR count). The Hall–Kier alpha value is -3.36. The van der Waals surface area contributed by atoms with Gasteiger partial charge in [-0.05, 0) is 61.1 Å². The molecule has 36 heavy (non-hydrogen) atoms. The number of hydrogen-bond acceptors (Lipinski definition) is 7. The Morgan fingerprint density at radius 1 is 0.917 bits per heavy atom. The Balaban J connectivity index is 1.27. The zero-order valence-corrected chi connectivity index (χ0v) is 20.9. The molecule has 8 heteroatoms. The summed E-state index contributed by atoms with van der Waals surface area (Å²) in [4.78, 5) is 15.3. The van der Waals surface area contributed by atoms with Crippen molar-refractivity contribution in [2.24, 2.45) is 0 Å². The molecule has 0 unspecified atom stereocenters. The molecule has 0 amide bonds. The van der Waals surface area contributed by atoms with Gasteiger partial charge in [0.25, 0.3) is 0 Å². The number of methoxy groups -OCH3 is 2. The van der Waals surface area contributed by atoms with E-state index in [0.29, 0.717) is 17.8 Å². The molecule has 1 saturated carbocycles. The summed E-state index contributed by atoms with van der Waals surface area (Å²) in [6.07, 6.45) is 6.36. The van der Waals surface area contributed by atoms with Gasteiger partial charge in [0.05, 0.1) is 32.8 Å². The van der Waals surface area contributed by atoms with Gasteiger partial charge < -0.3 is 24.5 Å². The molecule has 0 radical (unpaired) electrons. The Kier molecular flexibility index (Phi) is 6.37. The maximum absolute atomic E-state index is 5.53. The first-order valence-electron chi connectivity index (χ1n) is 12.8. The summed E-state index contributed by atoms with van der Waals surface area (Å²) in [7, 11) is 3.31. The molecule has 2 fully saturated rings. The number of aromatic amines is 1. The highest BCUT2D eigenvalue weighted by molar-refractivity contribution is 6.12. The van der Waals surface area contributed by atoms with Gasteiger partial charge in [-0.25, -0.2) is 9.97 Å². The maximum Gasteiger partial charge on any atom is 0.161 e. The number of rotatable bonds is 6. The van der Waals surface area contributed by atoms with Crippen molar-refractivity contribution >= 4 is 27.8 Å². The first-order chi connectivity index (χ1) is 17.7. The highest BCUT2D eigenvalue weighted by Gasteiger charge is 2.27. The van der Waals surface area contributed by atoms with Crippen LogP contribution in [0.2, 0.25) is 0 Å². The number of aromatic nitrogens is 3. The number of fused-ring (bicyclic) bond motifs is 3. The highest BCUT2D eigenvalue weighted by Crippen LogP contribution is 2.36. The van der Waals surface area contributed by atoms with E-state index in [2.05, 4.69) is 49.4 Å². The van der Waals surface area contributed by atoms with Crippen molar-refractivity contribution in [3.8, 4) is 22.6 Å². The fourth-order valence-electron chi connectivity index (χ4n) is 5.75. The molecule has 1 saturated heterocycles. The van der Waals surface area contributed by atoms with E-state index >= 15 is 0 Å². The van der Waals surface area contributed by atoms with Crippen LogP contribution in [0.3, 0.4) is 0 Å². The summed E-state index contributed by atoms with van der Waals surface area (Å²) in [6, 6.07) is 13.5. The Bertz CT molecular complexity index is 1360. The summed E-state index contributed by atoms with van der Waals surface area (Å²) in [5, 5.41) is 5.93. The number of nitrogens with one attached hydrogen (secondary N) is 2. The van der Waals surface area contributed by atoms with Crippen LogP contribution in [0.4, 0.5) is 5.82 Å². The predicted octanol–water partition coefficient (Wildman–Crippen LogP) is 4.85. The third kappa shape index (κ3) is 4.35. The standard InChI is InChI=1S/C28H33N5O3/c1-34-24-10-4-19(16-25(24)35-2)18-3-9-23-22(15-18)26-27(29-17-30-28(26)32-23)31-20-5-7-21(8-6-20)33-11-13-36-14-12-33/h3-4,9-10,15-17,20-21H,5-8,11-14H2,1-2H3,(H2,29,30,31,32). The minimum absolute atomic E-state index is 0.416. The van der Waals surface area contributed by atoms with E-state index < -0.39 is 0 Å². The SMILES string of the molecule is COc1ccc(-c2ccc3[nH]c4ncnc(NC5CCC(N6CCOCC6)CC5)c4c3c2)cc1OC. The third-order valence-corrected chi connectivity index (χ3v) is 7.71. The molecule has 1 aliphatic carbocycles. The molecule has 2 aromatic carbocycles. The van der Waals surface area contributed by atoms with E-state index in [-0.39, 0.29) is 0 Å². The maximum atomic E-state index is 5.53. The van der Waals surface area contributed by atoms with Crippen molar-refractivity contribution in [2.75, 3.05) is 45.8 Å². The number of nitrogens with zero attached hydrogens (tertiary/aromatic N) is 3. The van der Waals surface area contributed by atoms with Gasteiger partial charge in [-0.3, -0.25) is 4.90 Å². The predicted molar refractivity (Wildman–Crippen MR) is 142 cm³/mol. The number of morpholine rings is 1. The van der Waals surface area contributed by atoms with Gasteiger partial charge >= 0.3 is 0 Å². The molecular formula is C28H33N5O3. The van der Waals surface area contributed by atoms with Crippen LogP contribution in [0.5, 0.6) is 11.5 Å². The molecule has 3 heterocycles. The van der Waals surface area contributed by atoms with E-state index in [1.165, 1.54) is 12.8 Å². The lowest BCUT2D eigenvalue weighted by Gasteiger charge is -2.39. The van der Waals surface area contributed by atoms with Crippen molar-refractivity contribution < 1.29 is 14.2 Å². The summed E-state index contributed by atoms with van der Waals surface area (Å²) in [5.41, 5.74) is 4.07. The van der Waals surface area contributed by atoms with E-state index in [4.69, 9.17) is 14.2 Å². The minimum Gasteiger partial charge on any atom is -0.493 e. The molecule has 2 aromatic heterocycles. The Morgan fingerprint density at radius 2 is 1.67 bits per heavy atom. The fourth-order valence-corrected chi connectivity index (χ4v) is 5.75. The van der Waals surface area contributed by atoms with E-state index in [1.807, 2.05) is 12.1 Å². The normalized spacial score (nSPS) is 21.1. The summed E-state index contributed by atoms with van der Waals surface area (Å²) in [5.74, 6) is 2.34. The molecule has 1 aliphatic heterocycles. The summed E-state index contributed by atoms with van der Waals surface area (Å²) < 4.78 is 16.5. The van der Waals surface area contributed by atoms with E-state index in [0.717, 1.165) is 83.8 Å². The quantitative estimate of drug-likeness (QED) is 0.402. The van der Waals surface area contributed by atoms with Gasteiger partial charge in [-0.1, -0.05) is 12.1 Å². The topological polar surface area (TPSA) is 84.5 Å². The third-order valence-electron chi connectivity index (χ3n) is 7.71. The molecule has 2 aliphatic rings. The first kappa shape index (κ1) is 23.1. The van der Waals surface area contributed by atoms with Crippen LogP contribution in [-0.4, -0.2) is 72.5 Å². The lowest BCUT2D eigenvalue weighted by atomic mass is 9.90. The molecule has 0 spiro atoms. The van der Waals surface area contributed by atoms with Crippen LogP contribution < -0.4 is 14.8 Å². The smallest absolute Gasteiger partial charge is 0.161 e. The van der Waals surface area contributed by atoms with Crippen LogP contribution in [0.15, 0.2) is 42.7 Å². The van der Waals surface area contributed by atoms with Crippen LogP contribution >= 0.6 is 0 Å². The lowest BCUT2D eigenvalue weighted by Crippen LogP contribution is -2.46. The van der Waals surface area contributed by atoms with Crippen molar-refractivity contribution in [2.45, 2.75) is 37.8 Å². The van der Waals surface area contributed by atoms with Crippen LogP contribution in [0.25, 0.3) is 33.1 Å². The average Bonchev–Trinajstić information content (AvgIpc) is 3.32. The number of ether oxygens (including phenoxy) is 3. The van der Waals surface area contributed by atoms with Crippen molar-refractivity contribution in [3.63, 3.8) is 0 Å². The van der Waals surface area contributed by atoms with Gasteiger partial charge in [0.2, 0.25) is 0 Å². The summed E-state index contributed by atoms with van der Waals surface area (Å²) in [6.45, 7) is 3.85. The molecule has 4 aromatic rings. The second-order valence-corrected chi connectivity index (χ2v) is 9.70. The molecule has 0 bridgehead atoms. The lowest BCUT2D eigenvalue weighted by molar-refractivity contribution is 0.00791. The number of H-pyrrole nitrogens is 1. The van der Waals surface area contributed by atoms with E-state index in [9.17, 15) is 0 Å². The van der Waals surface area contributed by atoms with Gasteiger partial charge in [0.15, 0.2) is 11.5 Å². The van der Waals surface area contributed by atoms with Crippen LogP contribution in [-0.2, 0) is 4.74 Å². The zero-order chi connectivity index (χ0) is 24.5. The molecular weight excluding hydrogens is 454 g/mol. The molecule has 8 nitrogen and oxygen atoms in total. The van der Waals surface area contributed by atoms with Crippen molar-refractivity contribution in [1.29, 1.82) is 0 Å². The zero-order valence-electron chi connectivity index (χ0n) is 20.9.